The Hall–Kier alpha value is -0.860. The maximum Gasteiger partial charge on any atom is 0.191 e. The molecule has 28 heavy (non-hydrogen) atoms. The summed E-state index contributed by atoms with van der Waals surface area (Å²) in [5.41, 5.74) is 2.59. The van der Waals surface area contributed by atoms with Gasteiger partial charge in [0.05, 0.1) is 12.1 Å². The van der Waals surface area contributed by atoms with Crippen LogP contribution in [0.1, 0.15) is 57.1 Å². The summed E-state index contributed by atoms with van der Waals surface area (Å²) in [5, 5.41) is 6.78. The van der Waals surface area contributed by atoms with E-state index in [0.29, 0.717) is 6.54 Å². The van der Waals surface area contributed by atoms with Crippen molar-refractivity contribution >= 4 is 29.9 Å². The number of benzene rings is 1. The second-order valence-electron chi connectivity index (χ2n) is 8.10. The molecule has 2 aliphatic rings. The van der Waals surface area contributed by atoms with Crippen molar-refractivity contribution in [3.05, 3.63) is 35.4 Å². The minimum absolute atomic E-state index is 0. The van der Waals surface area contributed by atoms with Gasteiger partial charge in [0, 0.05) is 26.2 Å². The molecule has 2 aliphatic heterocycles. The van der Waals surface area contributed by atoms with Gasteiger partial charge in [-0.15, -0.1) is 24.0 Å². The average Bonchev–Trinajstić information content (AvgIpc) is 3.13. The van der Waals surface area contributed by atoms with Gasteiger partial charge in [-0.05, 0) is 63.7 Å². The maximum atomic E-state index is 5.86. The Bertz CT molecular complexity index is 593. The van der Waals surface area contributed by atoms with Crippen LogP contribution in [0.4, 0.5) is 0 Å². The third-order valence-electron chi connectivity index (χ3n) is 5.57. The number of hydrogen-bond donors (Lipinski definition) is 2. The van der Waals surface area contributed by atoms with Crippen molar-refractivity contribution in [1.29, 1.82) is 0 Å². The molecule has 1 aromatic rings. The SMILES string of the molecule is CCNC(=NCc1ccc(CN2CCCCC2)cc1)NCC1(C)CCCO1.I. The first kappa shape index (κ1) is 23.4. The lowest BCUT2D eigenvalue weighted by Gasteiger charge is -2.26. The molecule has 0 aromatic heterocycles. The van der Waals surface area contributed by atoms with Gasteiger partial charge in [-0.1, -0.05) is 30.7 Å². The zero-order chi connectivity index (χ0) is 19.0. The molecule has 2 fully saturated rings. The molecule has 5 nitrogen and oxygen atoms in total. The van der Waals surface area contributed by atoms with Gasteiger partial charge in [-0.2, -0.15) is 0 Å². The van der Waals surface area contributed by atoms with Crippen LogP contribution in [0.2, 0.25) is 0 Å². The first-order chi connectivity index (χ1) is 13.2. The predicted molar refractivity (Wildman–Crippen MR) is 127 cm³/mol. The van der Waals surface area contributed by atoms with E-state index in [1.54, 1.807) is 0 Å². The molecule has 0 bridgehead atoms. The Kier molecular flexibility index (Phi) is 10.0. The summed E-state index contributed by atoms with van der Waals surface area (Å²) in [6, 6.07) is 8.95. The lowest BCUT2D eigenvalue weighted by atomic mass is 10.0. The fourth-order valence-electron chi connectivity index (χ4n) is 3.88. The minimum Gasteiger partial charge on any atom is -0.373 e. The van der Waals surface area contributed by atoms with E-state index in [0.717, 1.165) is 45.0 Å². The molecule has 0 spiro atoms. The van der Waals surface area contributed by atoms with E-state index in [1.807, 2.05) is 0 Å². The van der Waals surface area contributed by atoms with Crippen LogP contribution >= 0.6 is 24.0 Å². The summed E-state index contributed by atoms with van der Waals surface area (Å²) >= 11 is 0. The zero-order valence-corrected chi connectivity index (χ0v) is 19.8. The molecule has 0 saturated carbocycles. The lowest BCUT2D eigenvalue weighted by molar-refractivity contribution is 0.0243. The van der Waals surface area contributed by atoms with Crippen LogP contribution in [0.3, 0.4) is 0 Å². The topological polar surface area (TPSA) is 48.9 Å². The van der Waals surface area contributed by atoms with Gasteiger partial charge < -0.3 is 15.4 Å². The van der Waals surface area contributed by atoms with Crippen molar-refractivity contribution in [2.75, 3.05) is 32.8 Å². The van der Waals surface area contributed by atoms with Gasteiger partial charge in [0.15, 0.2) is 5.96 Å². The molecule has 1 aromatic carbocycles. The monoisotopic (exact) mass is 500 g/mol. The summed E-state index contributed by atoms with van der Waals surface area (Å²) in [4.78, 5) is 7.31. The van der Waals surface area contributed by atoms with Gasteiger partial charge in [0.25, 0.3) is 0 Å². The highest BCUT2D eigenvalue weighted by atomic mass is 127. The van der Waals surface area contributed by atoms with Crippen LogP contribution < -0.4 is 10.6 Å². The number of nitrogens with one attached hydrogen (secondary N) is 2. The number of nitrogens with zero attached hydrogens (tertiary/aromatic N) is 2. The standard InChI is InChI=1S/C22H36N4O.HI/c1-3-23-21(25-18-22(2)12-7-15-27-22)24-16-19-8-10-20(11-9-19)17-26-13-5-4-6-14-26;/h8-11H,3-7,12-18H2,1-2H3,(H2,23,24,25);1H. The van der Waals surface area contributed by atoms with Gasteiger partial charge in [0.1, 0.15) is 0 Å². The number of aliphatic imine (C=N–C) groups is 1. The maximum absolute atomic E-state index is 5.86. The predicted octanol–water partition coefficient (Wildman–Crippen LogP) is 3.91. The van der Waals surface area contributed by atoms with Crippen LogP contribution in [0.25, 0.3) is 0 Å². The highest BCUT2D eigenvalue weighted by molar-refractivity contribution is 14.0. The van der Waals surface area contributed by atoms with E-state index >= 15 is 0 Å². The normalized spacial score (nSPS) is 23.3. The van der Waals surface area contributed by atoms with Crippen molar-refractivity contribution < 1.29 is 4.74 Å². The van der Waals surface area contributed by atoms with Crippen LogP contribution in [0, 0.1) is 0 Å². The second kappa shape index (κ2) is 12.0. The number of guanidine groups is 1. The minimum atomic E-state index is -0.0632. The first-order valence-corrected chi connectivity index (χ1v) is 10.6. The molecule has 2 saturated heterocycles. The summed E-state index contributed by atoms with van der Waals surface area (Å²) < 4.78 is 5.86. The van der Waals surface area contributed by atoms with Crippen molar-refractivity contribution in [2.24, 2.45) is 4.99 Å². The highest BCUT2D eigenvalue weighted by Gasteiger charge is 2.29. The van der Waals surface area contributed by atoms with Crippen LogP contribution in [0.5, 0.6) is 0 Å². The van der Waals surface area contributed by atoms with Crippen molar-refractivity contribution in [2.45, 2.75) is 64.6 Å². The third-order valence-corrected chi connectivity index (χ3v) is 5.57. The summed E-state index contributed by atoms with van der Waals surface area (Å²) in [7, 11) is 0. The molecular weight excluding hydrogens is 463 g/mol. The number of rotatable bonds is 7. The molecule has 0 aliphatic carbocycles. The molecule has 1 unspecified atom stereocenters. The van der Waals surface area contributed by atoms with E-state index in [4.69, 9.17) is 9.73 Å². The van der Waals surface area contributed by atoms with E-state index in [2.05, 4.69) is 53.6 Å². The van der Waals surface area contributed by atoms with E-state index < -0.39 is 0 Å². The Morgan fingerprint density at radius 2 is 1.79 bits per heavy atom. The first-order valence-electron chi connectivity index (χ1n) is 10.6. The Morgan fingerprint density at radius 1 is 1.07 bits per heavy atom. The van der Waals surface area contributed by atoms with Crippen molar-refractivity contribution in [1.82, 2.24) is 15.5 Å². The van der Waals surface area contributed by atoms with Gasteiger partial charge in [-0.3, -0.25) is 4.90 Å². The Labute approximate surface area is 187 Å². The Morgan fingerprint density at radius 3 is 2.43 bits per heavy atom. The fraction of sp³-hybridized carbons (Fsp3) is 0.682. The lowest BCUT2D eigenvalue weighted by Crippen LogP contribution is -2.45. The number of likely N-dealkylation sites (tertiary alicyclic amines) is 1. The molecule has 1 atom stereocenters. The van der Waals surface area contributed by atoms with Crippen LogP contribution in [-0.2, 0) is 17.8 Å². The number of piperidine rings is 1. The average molecular weight is 500 g/mol. The van der Waals surface area contributed by atoms with Gasteiger partial charge >= 0.3 is 0 Å². The van der Waals surface area contributed by atoms with E-state index in [-0.39, 0.29) is 29.6 Å². The van der Waals surface area contributed by atoms with Crippen LogP contribution in [0.15, 0.2) is 29.3 Å². The summed E-state index contributed by atoms with van der Waals surface area (Å²) in [5.74, 6) is 0.867. The number of hydrogen-bond acceptors (Lipinski definition) is 3. The molecule has 0 radical (unpaired) electrons. The van der Waals surface area contributed by atoms with E-state index in [1.165, 1.54) is 43.5 Å². The molecule has 158 valence electrons. The second-order valence-corrected chi connectivity index (χ2v) is 8.10. The van der Waals surface area contributed by atoms with Gasteiger partial charge in [-0.25, -0.2) is 4.99 Å². The Balaban J connectivity index is 0.00000280. The molecule has 6 heteroatoms. The molecule has 2 N–H and O–H groups in total. The van der Waals surface area contributed by atoms with Gasteiger partial charge in [0.2, 0.25) is 0 Å². The van der Waals surface area contributed by atoms with Crippen molar-refractivity contribution in [3.63, 3.8) is 0 Å². The highest BCUT2D eigenvalue weighted by Crippen LogP contribution is 2.23. The summed E-state index contributed by atoms with van der Waals surface area (Å²) in [6.45, 7) is 11.1. The molecular formula is C22H37IN4O. The molecule has 0 amide bonds. The largest absolute Gasteiger partial charge is 0.373 e. The number of ether oxygens (including phenoxy) is 1. The van der Waals surface area contributed by atoms with Crippen LogP contribution in [-0.4, -0.2) is 49.2 Å². The molecule has 3 rings (SSSR count). The number of halogens is 1. The molecule has 2 heterocycles. The fourth-order valence-corrected chi connectivity index (χ4v) is 3.88. The summed E-state index contributed by atoms with van der Waals surface area (Å²) in [6.07, 6.45) is 6.34. The van der Waals surface area contributed by atoms with E-state index in [9.17, 15) is 0 Å². The zero-order valence-electron chi connectivity index (χ0n) is 17.5. The smallest absolute Gasteiger partial charge is 0.191 e. The van der Waals surface area contributed by atoms with Crippen molar-refractivity contribution in [3.8, 4) is 0 Å². The third kappa shape index (κ3) is 7.52. The quantitative estimate of drug-likeness (QED) is 0.339.